The minimum atomic E-state index is -2.87. The van der Waals surface area contributed by atoms with E-state index in [1.54, 1.807) is 0 Å². The second-order valence-corrected chi connectivity index (χ2v) is 4.29. The van der Waals surface area contributed by atoms with E-state index in [2.05, 4.69) is 5.16 Å². The molecule has 1 amide bonds. The van der Waals surface area contributed by atoms with Crippen molar-refractivity contribution in [1.82, 2.24) is 4.90 Å². The van der Waals surface area contributed by atoms with Crippen molar-refractivity contribution < 1.29 is 23.9 Å². The molecular formula is C9H12F2N2O3. The maximum atomic E-state index is 13.5. The van der Waals surface area contributed by atoms with Gasteiger partial charge in [-0.3, -0.25) is 0 Å². The predicted molar refractivity (Wildman–Crippen MR) is 50.0 cm³/mol. The van der Waals surface area contributed by atoms with Gasteiger partial charge in [-0.1, -0.05) is 0 Å². The van der Waals surface area contributed by atoms with Gasteiger partial charge in [0.2, 0.25) is 0 Å². The molecule has 1 atom stereocenters. The van der Waals surface area contributed by atoms with E-state index in [0.717, 1.165) is 11.1 Å². The van der Waals surface area contributed by atoms with Gasteiger partial charge in [0.25, 0.3) is 5.92 Å². The molecular weight excluding hydrogens is 222 g/mol. The Kier molecular flexibility index (Phi) is 2.28. The first kappa shape index (κ1) is 11.1. The second kappa shape index (κ2) is 3.29. The average Bonchev–Trinajstić information content (AvgIpc) is 2.66. The number of carbonyl (C=O) groups is 1. The van der Waals surface area contributed by atoms with E-state index in [-0.39, 0.29) is 25.9 Å². The van der Waals surface area contributed by atoms with Crippen LogP contribution in [0.1, 0.15) is 12.8 Å². The van der Waals surface area contributed by atoms with E-state index < -0.39 is 23.3 Å². The van der Waals surface area contributed by atoms with Crippen molar-refractivity contribution >= 4 is 12.3 Å². The van der Waals surface area contributed by atoms with E-state index in [0.29, 0.717) is 0 Å². The average molecular weight is 234 g/mol. The number of halogens is 2. The van der Waals surface area contributed by atoms with Crippen molar-refractivity contribution in [3.63, 3.8) is 0 Å². The Morgan fingerprint density at radius 2 is 2.00 bits per heavy atom. The molecule has 1 heterocycles. The number of amides is 1. The number of piperidine rings is 1. The van der Waals surface area contributed by atoms with Gasteiger partial charge in [0.1, 0.15) is 0 Å². The van der Waals surface area contributed by atoms with Crippen LogP contribution in [0.25, 0.3) is 0 Å². The van der Waals surface area contributed by atoms with E-state index in [1.807, 2.05) is 0 Å². The monoisotopic (exact) mass is 234 g/mol. The Balaban J connectivity index is 2.06. The number of carboxylic acid groups (broad SMARTS) is 1. The summed E-state index contributed by atoms with van der Waals surface area (Å²) in [5.74, 6) is -3.93. The van der Waals surface area contributed by atoms with Crippen LogP contribution in [0.5, 0.6) is 0 Å². The zero-order chi connectivity index (χ0) is 12.0. The minimum absolute atomic E-state index is 0.112. The van der Waals surface area contributed by atoms with Crippen LogP contribution >= 0.6 is 0 Å². The molecule has 0 radical (unpaired) electrons. The van der Waals surface area contributed by atoms with Crippen molar-refractivity contribution in [2.45, 2.75) is 18.8 Å². The Bertz CT molecular complexity index is 338. The van der Waals surface area contributed by atoms with Crippen molar-refractivity contribution in [1.29, 1.82) is 0 Å². The Morgan fingerprint density at radius 3 is 2.44 bits per heavy atom. The van der Waals surface area contributed by atoms with E-state index in [9.17, 15) is 13.6 Å². The quantitative estimate of drug-likeness (QED) is 0.410. The molecule has 0 bridgehead atoms. The van der Waals surface area contributed by atoms with Gasteiger partial charge >= 0.3 is 6.09 Å². The van der Waals surface area contributed by atoms with Crippen molar-refractivity contribution in [3.8, 4) is 0 Å². The second-order valence-electron chi connectivity index (χ2n) is 4.29. The molecule has 0 aromatic carbocycles. The van der Waals surface area contributed by atoms with Gasteiger partial charge < -0.3 is 15.2 Å². The summed E-state index contributed by atoms with van der Waals surface area (Å²) < 4.78 is 27.0. The number of likely N-dealkylation sites (tertiary alicyclic amines) is 1. The molecule has 2 aliphatic rings. The standard InChI is InChI=1S/C9H12F2N2O3/c10-9(11)6(5-12-16)8(9)1-3-13(4-2-8)7(14)15/h5-6,16H,1-4H2,(H,14,15). The van der Waals surface area contributed by atoms with Crippen LogP contribution < -0.4 is 0 Å². The van der Waals surface area contributed by atoms with Crippen molar-refractivity contribution in [3.05, 3.63) is 0 Å². The summed E-state index contributed by atoms with van der Waals surface area (Å²) in [5.41, 5.74) is -1.19. The summed E-state index contributed by atoms with van der Waals surface area (Å²) in [6.45, 7) is 0.224. The summed E-state index contributed by atoms with van der Waals surface area (Å²) in [4.78, 5) is 11.8. The summed E-state index contributed by atoms with van der Waals surface area (Å²) in [7, 11) is 0. The van der Waals surface area contributed by atoms with Gasteiger partial charge in [0.15, 0.2) is 0 Å². The molecule has 7 heteroatoms. The Labute approximate surface area is 90.3 Å². The largest absolute Gasteiger partial charge is 0.465 e. The number of alkyl halides is 2. The van der Waals surface area contributed by atoms with Crippen LogP contribution in [-0.2, 0) is 0 Å². The molecule has 1 saturated carbocycles. The van der Waals surface area contributed by atoms with Gasteiger partial charge in [-0.05, 0) is 12.8 Å². The highest BCUT2D eigenvalue weighted by Crippen LogP contribution is 2.69. The lowest BCUT2D eigenvalue weighted by Crippen LogP contribution is -2.39. The summed E-state index contributed by atoms with van der Waals surface area (Å²) in [6, 6.07) is 0. The summed E-state index contributed by atoms with van der Waals surface area (Å²) in [6.07, 6.45) is 0.00811. The smallest absolute Gasteiger partial charge is 0.407 e. The predicted octanol–water partition coefficient (Wildman–Crippen LogP) is 1.47. The highest BCUT2D eigenvalue weighted by molar-refractivity contribution is 5.70. The molecule has 2 N–H and O–H groups in total. The lowest BCUT2D eigenvalue weighted by Gasteiger charge is -2.30. The van der Waals surface area contributed by atoms with Crippen molar-refractivity contribution in [2.24, 2.45) is 16.5 Å². The number of rotatable bonds is 1. The van der Waals surface area contributed by atoms with Crippen molar-refractivity contribution in [2.75, 3.05) is 13.1 Å². The number of hydrogen-bond acceptors (Lipinski definition) is 3. The minimum Gasteiger partial charge on any atom is -0.465 e. The van der Waals surface area contributed by atoms with Crippen LogP contribution in [0.4, 0.5) is 13.6 Å². The van der Waals surface area contributed by atoms with E-state index in [4.69, 9.17) is 10.3 Å². The molecule has 1 unspecified atom stereocenters. The summed E-state index contributed by atoms with van der Waals surface area (Å²) >= 11 is 0. The molecule has 2 fully saturated rings. The van der Waals surface area contributed by atoms with Crippen LogP contribution in [0.2, 0.25) is 0 Å². The lowest BCUT2D eigenvalue weighted by molar-refractivity contribution is 0.0312. The fourth-order valence-electron chi connectivity index (χ4n) is 2.58. The lowest BCUT2D eigenvalue weighted by atomic mass is 9.91. The first-order chi connectivity index (χ1) is 7.45. The highest BCUT2D eigenvalue weighted by atomic mass is 19.3. The van der Waals surface area contributed by atoms with Gasteiger partial charge in [-0.25, -0.2) is 13.6 Å². The third kappa shape index (κ3) is 1.27. The fraction of sp³-hybridized carbons (Fsp3) is 0.778. The molecule has 1 aliphatic heterocycles. The van der Waals surface area contributed by atoms with Crippen LogP contribution in [-0.4, -0.2) is 46.5 Å². The molecule has 5 nitrogen and oxygen atoms in total. The third-order valence-electron chi connectivity index (χ3n) is 3.71. The molecule has 0 aromatic heterocycles. The Hall–Kier alpha value is -1.40. The number of hydrogen-bond donors (Lipinski definition) is 2. The maximum Gasteiger partial charge on any atom is 0.407 e. The fourth-order valence-corrected chi connectivity index (χ4v) is 2.58. The normalized spacial score (nSPS) is 30.9. The van der Waals surface area contributed by atoms with Gasteiger partial charge in [-0.2, -0.15) is 0 Å². The summed E-state index contributed by atoms with van der Waals surface area (Å²) in [5, 5.41) is 19.7. The van der Waals surface area contributed by atoms with E-state index >= 15 is 0 Å². The molecule has 90 valence electrons. The van der Waals surface area contributed by atoms with Crippen LogP contribution in [0.15, 0.2) is 5.16 Å². The highest BCUT2D eigenvalue weighted by Gasteiger charge is 2.79. The number of nitrogens with zero attached hydrogens (tertiary/aromatic N) is 2. The molecule has 16 heavy (non-hydrogen) atoms. The Morgan fingerprint density at radius 1 is 1.44 bits per heavy atom. The molecule has 2 rings (SSSR count). The first-order valence-electron chi connectivity index (χ1n) is 4.99. The molecule has 1 saturated heterocycles. The SMILES string of the molecule is O=C(O)N1CCC2(CC1)C(C=NO)C2(F)F. The zero-order valence-electron chi connectivity index (χ0n) is 8.44. The first-order valence-corrected chi connectivity index (χ1v) is 4.99. The maximum absolute atomic E-state index is 13.5. The molecule has 1 aliphatic carbocycles. The molecule has 0 aromatic rings. The van der Waals surface area contributed by atoms with Gasteiger partial charge in [0.05, 0.1) is 17.5 Å². The number of oxime groups is 1. The molecule has 1 spiro atoms. The van der Waals surface area contributed by atoms with E-state index in [1.165, 1.54) is 0 Å². The zero-order valence-corrected chi connectivity index (χ0v) is 8.44. The topological polar surface area (TPSA) is 73.1 Å². The van der Waals surface area contributed by atoms with Gasteiger partial charge in [-0.15, -0.1) is 5.16 Å². The van der Waals surface area contributed by atoms with Gasteiger partial charge in [0, 0.05) is 13.1 Å². The van der Waals surface area contributed by atoms with Crippen LogP contribution in [0, 0.1) is 11.3 Å². The third-order valence-corrected chi connectivity index (χ3v) is 3.71. The van der Waals surface area contributed by atoms with Crippen LogP contribution in [0.3, 0.4) is 0 Å².